The summed E-state index contributed by atoms with van der Waals surface area (Å²) in [7, 11) is 0. The largest absolute Gasteiger partial charge is 0.444 e. The van der Waals surface area contributed by atoms with E-state index in [1.54, 1.807) is 33.0 Å². The number of alkyl carbamates (subject to hydrolysis) is 1. The summed E-state index contributed by atoms with van der Waals surface area (Å²) >= 11 is 0. The highest BCUT2D eigenvalue weighted by atomic mass is 19.1. The molecule has 4 rings (SSSR count). The third-order valence-electron chi connectivity index (χ3n) is 6.59. The fraction of sp³-hybridized carbons (Fsp3) is 0.400. The third kappa shape index (κ3) is 7.55. The van der Waals surface area contributed by atoms with E-state index >= 15 is 0 Å². The first-order chi connectivity index (χ1) is 19.8. The van der Waals surface area contributed by atoms with Crippen LogP contribution in [-0.4, -0.2) is 58.4 Å². The first-order valence-corrected chi connectivity index (χ1v) is 13.6. The highest BCUT2D eigenvalue weighted by molar-refractivity contribution is 6.04. The molecule has 3 aromatic rings. The Kier molecular flexibility index (Phi) is 9.35. The average Bonchev–Trinajstić information content (AvgIpc) is 2.88. The van der Waals surface area contributed by atoms with Crippen LogP contribution in [-0.2, 0) is 11.2 Å². The number of carbonyl (C=O) groups excluding carboxylic acids is 2. The molecule has 1 unspecified atom stereocenters. The number of nitrogens with one attached hydrogen (secondary N) is 2. The molecule has 1 aliphatic heterocycles. The molecule has 0 radical (unpaired) electrons. The highest BCUT2D eigenvalue weighted by Gasteiger charge is 2.29. The van der Waals surface area contributed by atoms with E-state index in [1.807, 2.05) is 11.8 Å². The van der Waals surface area contributed by atoms with Gasteiger partial charge in [-0.2, -0.15) is 0 Å². The highest BCUT2D eigenvalue weighted by Crippen LogP contribution is 2.31. The van der Waals surface area contributed by atoms with Crippen LogP contribution in [0.3, 0.4) is 0 Å². The Labute approximate surface area is 242 Å². The van der Waals surface area contributed by atoms with E-state index in [0.717, 1.165) is 30.7 Å². The molecule has 1 saturated heterocycles. The molecule has 0 bridgehead atoms. The fourth-order valence-corrected chi connectivity index (χ4v) is 4.94. The van der Waals surface area contributed by atoms with Crippen molar-refractivity contribution in [1.29, 1.82) is 0 Å². The second-order valence-corrected chi connectivity index (χ2v) is 11.4. The van der Waals surface area contributed by atoms with Gasteiger partial charge in [0.15, 0.2) is 0 Å². The van der Waals surface area contributed by atoms with Crippen LogP contribution < -0.4 is 15.5 Å². The summed E-state index contributed by atoms with van der Waals surface area (Å²) in [4.78, 5) is 35.7. The second kappa shape index (κ2) is 12.8. The minimum absolute atomic E-state index is 0.0214. The average molecular weight is 586 g/mol. The molecule has 2 amide bonds. The minimum Gasteiger partial charge on any atom is -0.444 e. The van der Waals surface area contributed by atoms with E-state index in [4.69, 9.17) is 9.84 Å². The smallest absolute Gasteiger partial charge is 0.407 e. The molecule has 2 atom stereocenters. The van der Waals surface area contributed by atoms with Gasteiger partial charge in [-0.1, -0.05) is 6.92 Å². The van der Waals surface area contributed by atoms with Crippen LogP contribution in [0, 0.1) is 23.4 Å². The molecular weight excluding hydrogens is 551 g/mol. The van der Waals surface area contributed by atoms with Crippen molar-refractivity contribution in [1.82, 2.24) is 15.3 Å². The lowest BCUT2D eigenvalue weighted by Gasteiger charge is -2.39. The van der Waals surface area contributed by atoms with Crippen molar-refractivity contribution >= 4 is 23.4 Å². The molecule has 2 aromatic heterocycles. The van der Waals surface area contributed by atoms with E-state index in [2.05, 4.69) is 20.6 Å². The molecule has 0 spiro atoms. The lowest BCUT2D eigenvalue weighted by Crippen LogP contribution is -2.51. The summed E-state index contributed by atoms with van der Waals surface area (Å²) in [5.74, 6) is -3.68. The van der Waals surface area contributed by atoms with Crippen molar-refractivity contribution in [3.05, 3.63) is 71.4 Å². The summed E-state index contributed by atoms with van der Waals surface area (Å²) in [5.41, 5.74) is -1.09. The van der Waals surface area contributed by atoms with Crippen LogP contribution in [0.5, 0.6) is 0 Å². The van der Waals surface area contributed by atoms with Gasteiger partial charge in [0, 0.05) is 31.9 Å². The van der Waals surface area contributed by atoms with Crippen molar-refractivity contribution in [3.63, 3.8) is 0 Å². The zero-order chi connectivity index (χ0) is 30.6. The van der Waals surface area contributed by atoms with E-state index < -0.39 is 46.3 Å². The van der Waals surface area contributed by atoms with Crippen LogP contribution in [0.2, 0.25) is 0 Å². The van der Waals surface area contributed by atoms with Gasteiger partial charge in [-0.15, -0.1) is 0 Å². The van der Waals surface area contributed by atoms with E-state index in [9.17, 15) is 22.8 Å². The molecule has 1 aliphatic rings. The number of aliphatic hydroxyl groups excluding tert-OH is 1. The summed E-state index contributed by atoms with van der Waals surface area (Å²) in [5, 5.41) is 14.7. The van der Waals surface area contributed by atoms with E-state index in [0.29, 0.717) is 24.5 Å². The van der Waals surface area contributed by atoms with Crippen LogP contribution in [0.25, 0.3) is 11.3 Å². The number of hydrogen-bond donors (Lipinski definition) is 3. The lowest BCUT2D eigenvalue weighted by atomic mass is 9.95. The molecule has 12 heteroatoms. The van der Waals surface area contributed by atoms with Gasteiger partial charge < -0.3 is 25.4 Å². The number of hydrogen-bond acceptors (Lipinski definition) is 7. The summed E-state index contributed by atoms with van der Waals surface area (Å²) < 4.78 is 49.7. The molecule has 0 saturated carbocycles. The zero-order valence-corrected chi connectivity index (χ0v) is 23.9. The van der Waals surface area contributed by atoms with Gasteiger partial charge in [-0.25, -0.2) is 22.9 Å². The van der Waals surface area contributed by atoms with Gasteiger partial charge in [0.25, 0.3) is 5.91 Å². The van der Waals surface area contributed by atoms with Crippen LogP contribution in [0.15, 0.2) is 42.7 Å². The van der Waals surface area contributed by atoms with Crippen LogP contribution in [0.1, 0.15) is 50.2 Å². The van der Waals surface area contributed by atoms with E-state index in [1.165, 1.54) is 6.20 Å². The van der Waals surface area contributed by atoms with E-state index in [-0.39, 0.29) is 36.2 Å². The van der Waals surface area contributed by atoms with Gasteiger partial charge in [-0.05, 0) is 75.4 Å². The summed E-state index contributed by atoms with van der Waals surface area (Å²) in [6.45, 7) is 8.19. The number of aliphatic hydroxyl groups is 1. The van der Waals surface area contributed by atoms with Crippen molar-refractivity contribution < 1.29 is 32.6 Å². The number of rotatable bonds is 7. The monoisotopic (exact) mass is 585 g/mol. The molecule has 224 valence electrons. The third-order valence-corrected chi connectivity index (χ3v) is 6.59. The summed E-state index contributed by atoms with van der Waals surface area (Å²) in [6.07, 6.45) is 3.26. The Morgan fingerprint density at radius 3 is 2.48 bits per heavy atom. The number of anilines is 2. The van der Waals surface area contributed by atoms with Crippen molar-refractivity contribution in [2.75, 3.05) is 29.9 Å². The predicted octanol–water partition coefficient (Wildman–Crippen LogP) is 5.09. The maximum absolute atomic E-state index is 14.8. The lowest BCUT2D eigenvalue weighted by molar-refractivity contribution is 0.0495. The Bertz CT molecular complexity index is 1440. The SMILES string of the molecule is CC1C[C@H](NC(=O)OC(C)(C)C)CN(c2ccncc2NC(=O)c2ccc(F)c(-c3c(F)cc(CCO)cc3F)n2)C1. The van der Waals surface area contributed by atoms with Crippen LogP contribution >= 0.6 is 0 Å². The fourth-order valence-electron chi connectivity index (χ4n) is 4.94. The maximum atomic E-state index is 14.8. The van der Waals surface area contributed by atoms with Gasteiger partial charge in [0.05, 0.1) is 23.1 Å². The van der Waals surface area contributed by atoms with Gasteiger partial charge in [0.1, 0.15) is 34.4 Å². The van der Waals surface area contributed by atoms with Crippen molar-refractivity contribution in [3.8, 4) is 11.3 Å². The number of benzene rings is 1. The Hall–Kier alpha value is -4.19. The molecule has 9 nitrogen and oxygen atoms in total. The standard InChI is InChI=1S/C30H34F3N5O4/c1-17-11-19(35-29(41)42-30(2,3)4)16-38(15-17)25-7-9-34-14-24(25)37-28(40)23-6-5-20(31)27(36-23)26-21(32)12-18(8-10-39)13-22(26)33/h5-7,9,12-14,17,19,39H,8,10-11,15-16H2,1-4H3,(H,35,41)(H,37,40)/t17?,19-/m0/s1. The van der Waals surface area contributed by atoms with Crippen molar-refractivity contribution in [2.24, 2.45) is 5.92 Å². The normalized spacial score (nSPS) is 17.1. The van der Waals surface area contributed by atoms with Gasteiger partial charge in [-0.3, -0.25) is 9.78 Å². The molecule has 1 fully saturated rings. The first-order valence-electron chi connectivity index (χ1n) is 13.6. The molecule has 42 heavy (non-hydrogen) atoms. The number of piperidine rings is 1. The second-order valence-electron chi connectivity index (χ2n) is 11.4. The van der Waals surface area contributed by atoms with Gasteiger partial charge in [0.2, 0.25) is 0 Å². The number of carbonyl (C=O) groups is 2. The number of pyridine rings is 2. The number of nitrogens with zero attached hydrogens (tertiary/aromatic N) is 3. The molecule has 1 aromatic carbocycles. The summed E-state index contributed by atoms with van der Waals surface area (Å²) in [6, 6.07) is 5.53. The predicted molar refractivity (Wildman–Crippen MR) is 152 cm³/mol. The molecule has 3 N–H and O–H groups in total. The number of amides is 2. The quantitative estimate of drug-likeness (QED) is 0.354. The minimum atomic E-state index is -1.06. The number of halogens is 3. The number of ether oxygens (including phenoxy) is 1. The Morgan fingerprint density at radius 1 is 1.10 bits per heavy atom. The topological polar surface area (TPSA) is 117 Å². The first kappa shape index (κ1) is 30.8. The Morgan fingerprint density at radius 2 is 1.81 bits per heavy atom. The molecule has 0 aliphatic carbocycles. The van der Waals surface area contributed by atoms with Crippen LogP contribution in [0.4, 0.5) is 29.3 Å². The number of aromatic nitrogens is 2. The van der Waals surface area contributed by atoms with Gasteiger partial charge >= 0.3 is 6.09 Å². The maximum Gasteiger partial charge on any atom is 0.407 e. The zero-order valence-electron chi connectivity index (χ0n) is 23.9. The molecular formula is C30H34F3N5O4. The Balaban J connectivity index is 1.56. The van der Waals surface area contributed by atoms with Crippen molar-refractivity contribution in [2.45, 2.75) is 52.2 Å². The molecule has 3 heterocycles.